The SMILES string of the molecule is BNCCC(=C)C(=O)NNC(=O)C1CC(OC(F)(F)F)C1. The fraction of sp³-hybridized carbons (Fsp3) is 0.636. The van der Waals surface area contributed by atoms with Gasteiger partial charge in [-0.15, -0.1) is 13.2 Å². The van der Waals surface area contributed by atoms with Gasteiger partial charge in [-0.25, -0.2) is 0 Å². The highest BCUT2D eigenvalue weighted by Crippen LogP contribution is 2.34. The lowest BCUT2D eigenvalue weighted by Crippen LogP contribution is -2.50. The van der Waals surface area contributed by atoms with Crippen molar-refractivity contribution in [2.75, 3.05) is 6.54 Å². The molecule has 21 heavy (non-hydrogen) atoms. The molecule has 0 heterocycles. The van der Waals surface area contributed by atoms with E-state index in [2.05, 4.69) is 27.4 Å². The molecule has 0 atom stereocenters. The Balaban J connectivity index is 2.21. The van der Waals surface area contributed by atoms with Gasteiger partial charge in [0.15, 0.2) is 7.98 Å². The summed E-state index contributed by atoms with van der Waals surface area (Å²) in [6, 6.07) is 0. The third kappa shape index (κ3) is 6.17. The van der Waals surface area contributed by atoms with Crippen LogP contribution in [0.15, 0.2) is 12.2 Å². The van der Waals surface area contributed by atoms with E-state index in [-0.39, 0.29) is 18.4 Å². The van der Waals surface area contributed by atoms with Gasteiger partial charge in [-0.2, -0.15) is 0 Å². The molecule has 3 N–H and O–H groups in total. The first-order chi connectivity index (χ1) is 9.73. The van der Waals surface area contributed by atoms with Gasteiger partial charge in [-0.1, -0.05) is 6.58 Å². The molecule has 1 aliphatic carbocycles. The van der Waals surface area contributed by atoms with Crippen molar-refractivity contribution in [3.63, 3.8) is 0 Å². The number of carbonyl (C=O) groups is 2. The van der Waals surface area contributed by atoms with Crippen LogP contribution < -0.4 is 16.1 Å². The molecule has 0 bridgehead atoms. The highest BCUT2D eigenvalue weighted by atomic mass is 19.4. The molecule has 0 aromatic heterocycles. The largest absolute Gasteiger partial charge is 0.522 e. The molecule has 0 unspecified atom stereocenters. The summed E-state index contributed by atoms with van der Waals surface area (Å²) in [5, 5.41) is 2.84. The quantitative estimate of drug-likeness (QED) is 0.352. The topological polar surface area (TPSA) is 79.5 Å². The van der Waals surface area contributed by atoms with E-state index in [9.17, 15) is 22.8 Å². The van der Waals surface area contributed by atoms with E-state index >= 15 is 0 Å². The molecule has 10 heteroatoms. The summed E-state index contributed by atoms with van der Waals surface area (Å²) >= 11 is 0. The number of alkyl halides is 3. The number of ether oxygens (including phenoxy) is 1. The minimum atomic E-state index is -4.69. The van der Waals surface area contributed by atoms with Crippen LogP contribution in [0.4, 0.5) is 13.2 Å². The van der Waals surface area contributed by atoms with Crippen molar-refractivity contribution >= 4 is 19.8 Å². The van der Waals surface area contributed by atoms with Crippen molar-refractivity contribution in [3.05, 3.63) is 12.2 Å². The lowest BCUT2D eigenvalue weighted by atomic mass is 9.82. The van der Waals surface area contributed by atoms with Crippen LogP contribution in [0.1, 0.15) is 19.3 Å². The maximum atomic E-state index is 11.9. The molecule has 0 saturated heterocycles. The van der Waals surface area contributed by atoms with Crippen LogP contribution in [-0.2, 0) is 14.3 Å². The predicted molar refractivity (Wildman–Crippen MR) is 70.2 cm³/mol. The number of hydrogen-bond donors (Lipinski definition) is 3. The molecule has 1 rings (SSSR count). The summed E-state index contributed by atoms with van der Waals surface area (Å²) in [7, 11) is 1.73. The van der Waals surface area contributed by atoms with Gasteiger partial charge in [-0.3, -0.25) is 25.2 Å². The minimum Gasteiger partial charge on any atom is -0.362 e. The normalized spacial score (nSPS) is 21.3. The summed E-state index contributed by atoms with van der Waals surface area (Å²) in [6.45, 7) is 4.12. The van der Waals surface area contributed by atoms with Gasteiger partial charge >= 0.3 is 6.36 Å². The second kappa shape index (κ2) is 7.46. The summed E-state index contributed by atoms with van der Waals surface area (Å²) in [4.78, 5) is 23.1. The van der Waals surface area contributed by atoms with Crippen LogP contribution in [0.5, 0.6) is 0 Å². The average molecular weight is 307 g/mol. The van der Waals surface area contributed by atoms with Crippen LogP contribution in [0, 0.1) is 5.92 Å². The molecule has 0 spiro atoms. The van der Waals surface area contributed by atoms with Crippen LogP contribution >= 0.6 is 0 Å². The number of carbonyl (C=O) groups excluding carboxylic acids is 2. The number of nitrogens with one attached hydrogen (secondary N) is 3. The van der Waals surface area contributed by atoms with Gasteiger partial charge in [0.2, 0.25) is 5.91 Å². The zero-order valence-corrected chi connectivity index (χ0v) is 11.5. The standard InChI is InChI=1S/C11H17BF3N3O3/c1-6(2-3-16-12)9(19)17-18-10(20)7-4-8(5-7)21-11(13,14)15/h7-8,16H,1-5,12H2,(H,17,19)(H,18,20). The Morgan fingerprint density at radius 3 is 2.43 bits per heavy atom. The molecule has 2 amide bonds. The lowest BCUT2D eigenvalue weighted by Gasteiger charge is -2.34. The first-order valence-corrected chi connectivity index (χ1v) is 6.40. The number of hydrogen-bond acceptors (Lipinski definition) is 4. The molecule has 1 fully saturated rings. The first kappa shape index (κ1) is 17.5. The molecular weight excluding hydrogens is 290 g/mol. The van der Waals surface area contributed by atoms with Crippen molar-refractivity contribution in [1.29, 1.82) is 0 Å². The van der Waals surface area contributed by atoms with E-state index in [1.807, 2.05) is 0 Å². The van der Waals surface area contributed by atoms with Crippen LogP contribution in [0.2, 0.25) is 0 Å². The Morgan fingerprint density at radius 2 is 1.90 bits per heavy atom. The van der Waals surface area contributed by atoms with Crippen molar-refractivity contribution in [1.82, 2.24) is 16.1 Å². The van der Waals surface area contributed by atoms with Gasteiger partial charge in [0.05, 0.1) is 6.10 Å². The fourth-order valence-electron chi connectivity index (χ4n) is 1.76. The second-order valence-corrected chi connectivity index (χ2v) is 4.75. The number of halogens is 3. The molecule has 0 aromatic carbocycles. The molecule has 1 aliphatic rings. The maximum Gasteiger partial charge on any atom is 0.522 e. The van der Waals surface area contributed by atoms with Gasteiger partial charge in [0.1, 0.15) is 0 Å². The minimum absolute atomic E-state index is 0.0259. The van der Waals surface area contributed by atoms with E-state index in [0.717, 1.165) is 0 Å². The Bertz CT molecular complexity index is 411. The average Bonchev–Trinajstić information content (AvgIpc) is 2.35. The highest BCUT2D eigenvalue weighted by Gasteiger charge is 2.42. The maximum absolute atomic E-state index is 11.9. The van der Waals surface area contributed by atoms with Crippen molar-refractivity contribution in [2.24, 2.45) is 5.92 Å². The Hall–Kier alpha value is -1.55. The number of rotatable bonds is 6. The third-order valence-electron chi connectivity index (χ3n) is 3.06. The molecular formula is C11H17BF3N3O3. The monoisotopic (exact) mass is 307 g/mol. The van der Waals surface area contributed by atoms with Gasteiger partial charge in [-0.05, 0) is 25.8 Å². The van der Waals surface area contributed by atoms with Gasteiger partial charge in [0, 0.05) is 11.5 Å². The first-order valence-electron chi connectivity index (χ1n) is 6.40. The van der Waals surface area contributed by atoms with Gasteiger partial charge in [0.25, 0.3) is 5.91 Å². The Kier molecular flexibility index (Phi) is 6.22. The summed E-state index contributed by atoms with van der Waals surface area (Å²) in [5.41, 5.74) is 4.63. The van der Waals surface area contributed by atoms with Crippen molar-refractivity contribution in [3.8, 4) is 0 Å². The van der Waals surface area contributed by atoms with Crippen LogP contribution in [0.25, 0.3) is 0 Å². The molecule has 118 valence electrons. The van der Waals surface area contributed by atoms with Crippen molar-refractivity contribution < 1.29 is 27.5 Å². The van der Waals surface area contributed by atoms with Crippen LogP contribution in [0.3, 0.4) is 0 Å². The number of hydrazine groups is 1. The van der Waals surface area contributed by atoms with E-state index < -0.39 is 30.2 Å². The zero-order valence-electron chi connectivity index (χ0n) is 11.5. The Morgan fingerprint density at radius 1 is 1.29 bits per heavy atom. The second-order valence-electron chi connectivity index (χ2n) is 4.75. The van der Waals surface area contributed by atoms with E-state index in [4.69, 9.17) is 0 Å². The molecule has 0 radical (unpaired) electrons. The molecule has 0 aromatic rings. The molecule has 1 saturated carbocycles. The highest BCUT2D eigenvalue weighted by molar-refractivity contribution is 6.04. The van der Waals surface area contributed by atoms with Crippen LogP contribution in [-0.4, -0.2) is 38.8 Å². The molecule has 6 nitrogen and oxygen atoms in total. The molecule has 0 aliphatic heterocycles. The van der Waals surface area contributed by atoms with E-state index in [0.29, 0.717) is 13.0 Å². The fourth-order valence-corrected chi connectivity index (χ4v) is 1.76. The lowest BCUT2D eigenvalue weighted by molar-refractivity contribution is -0.353. The summed E-state index contributed by atoms with van der Waals surface area (Å²) < 4.78 is 39.5. The summed E-state index contributed by atoms with van der Waals surface area (Å²) in [5.74, 6) is -1.66. The zero-order chi connectivity index (χ0) is 16.0. The van der Waals surface area contributed by atoms with E-state index in [1.165, 1.54) is 0 Å². The van der Waals surface area contributed by atoms with E-state index in [1.54, 1.807) is 7.98 Å². The Labute approximate surface area is 120 Å². The van der Waals surface area contributed by atoms with Gasteiger partial charge < -0.3 is 5.23 Å². The predicted octanol–water partition coefficient (Wildman–Crippen LogP) is -0.467. The third-order valence-corrected chi connectivity index (χ3v) is 3.06. The van der Waals surface area contributed by atoms with Crippen molar-refractivity contribution in [2.45, 2.75) is 31.7 Å². The summed E-state index contributed by atoms with van der Waals surface area (Å²) in [6.07, 6.45) is -5.32. The smallest absolute Gasteiger partial charge is 0.362 e. The number of amides is 2.